The summed E-state index contributed by atoms with van der Waals surface area (Å²) in [6.07, 6.45) is 5.62. The molecular formula is C15H20O3. The molecule has 1 aromatic carbocycles. The number of rotatable bonds is 3. The van der Waals surface area contributed by atoms with E-state index in [-0.39, 0.29) is 6.10 Å². The van der Waals surface area contributed by atoms with E-state index in [0.29, 0.717) is 5.56 Å². The highest BCUT2D eigenvalue weighted by molar-refractivity contribution is 5.89. The van der Waals surface area contributed by atoms with Gasteiger partial charge in [-0.25, -0.2) is 4.79 Å². The van der Waals surface area contributed by atoms with Crippen molar-refractivity contribution in [1.29, 1.82) is 0 Å². The highest BCUT2D eigenvalue weighted by atomic mass is 17.2. The molecule has 98 valence electrons. The molecule has 1 aliphatic rings. The second-order valence-corrected chi connectivity index (χ2v) is 5.03. The Kier molecular flexibility index (Phi) is 4.37. The normalized spacial score (nSPS) is 16.6. The van der Waals surface area contributed by atoms with Crippen molar-refractivity contribution in [3.63, 3.8) is 0 Å². The first-order chi connectivity index (χ1) is 8.66. The minimum absolute atomic E-state index is 0.0780. The lowest BCUT2D eigenvalue weighted by Crippen LogP contribution is -2.19. The number of hydrogen-bond donors (Lipinski definition) is 0. The maximum atomic E-state index is 11.8. The van der Waals surface area contributed by atoms with Gasteiger partial charge in [0.1, 0.15) is 6.10 Å². The topological polar surface area (TPSA) is 35.5 Å². The molecule has 0 heterocycles. The number of benzene rings is 1. The fourth-order valence-corrected chi connectivity index (χ4v) is 2.19. The maximum absolute atomic E-state index is 11.8. The molecule has 0 spiro atoms. The molecule has 0 aliphatic heterocycles. The lowest BCUT2D eigenvalue weighted by molar-refractivity contribution is -0.279. The van der Waals surface area contributed by atoms with Crippen LogP contribution in [0.15, 0.2) is 18.2 Å². The number of hydrogen-bond acceptors (Lipinski definition) is 3. The van der Waals surface area contributed by atoms with Crippen LogP contribution in [0.25, 0.3) is 0 Å². The molecule has 0 saturated heterocycles. The molecule has 0 amide bonds. The molecule has 1 aromatic rings. The van der Waals surface area contributed by atoms with E-state index >= 15 is 0 Å². The standard InChI is InChI=1S/C15H20O3/c1-11-8-9-13(10-12(11)2)15(16)18-17-14-6-4-3-5-7-14/h8-10,14H,3-7H2,1-2H3. The third-order valence-electron chi connectivity index (χ3n) is 3.55. The average molecular weight is 248 g/mol. The van der Waals surface area contributed by atoms with Crippen molar-refractivity contribution in [2.24, 2.45) is 0 Å². The first-order valence-electron chi connectivity index (χ1n) is 6.62. The molecule has 1 aliphatic carbocycles. The van der Waals surface area contributed by atoms with Gasteiger partial charge in [0.2, 0.25) is 0 Å². The van der Waals surface area contributed by atoms with E-state index in [1.165, 1.54) is 12.0 Å². The lowest BCUT2D eigenvalue weighted by atomic mass is 9.98. The number of aryl methyl sites for hydroxylation is 2. The van der Waals surface area contributed by atoms with E-state index < -0.39 is 5.97 Å². The van der Waals surface area contributed by atoms with Crippen molar-refractivity contribution in [2.45, 2.75) is 52.1 Å². The van der Waals surface area contributed by atoms with Gasteiger partial charge in [-0.1, -0.05) is 25.3 Å². The second-order valence-electron chi connectivity index (χ2n) is 5.03. The summed E-state index contributed by atoms with van der Waals surface area (Å²) >= 11 is 0. The van der Waals surface area contributed by atoms with Crippen LogP contribution in [0.3, 0.4) is 0 Å². The van der Waals surface area contributed by atoms with Crippen molar-refractivity contribution < 1.29 is 14.6 Å². The monoisotopic (exact) mass is 248 g/mol. The molecule has 0 N–H and O–H groups in total. The summed E-state index contributed by atoms with van der Waals surface area (Å²) in [6, 6.07) is 5.53. The van der Waals surface area contributed by atoms with Crippen LogP contribution < -0.4 is 0 Å². The van der Waals surface area contributed by atoms with Gasteiger partial charge in [-0.05, 0) is 49.9 Å². The van der Waals surface area contributed by atoms with E-state index in [1.807, 2.05) is 26.0 Å². The fourth-order valence-electron chi connectivity index (χ4n) is 2.19. The Morgan fingerprint density at radius 2 is 1.83 bits per heavy atom. The first-order valence-corrected chi connectivity index (χ1v) is 6.62. The van der Waals surface area contributed by atoms with Crippen molar-refractivity contribution in [2.75, 3.05) is 0 Å². The predicted octanol–water partition coefficient (Wildman–Crippen LogP) is 3.72. The molecule has 3 nitrogen and oxygen atoms in total. The largest absolute Gasteiger partial charge is 0.373 e. The third kappa shape index (κ3) is 3.33. The Hall–Kier alpha value is -1.35. The van der Waals surface area contributed by atoms with Gasteiger partial charge < -0.3 is 0 Å². The van der Waals surface area contributed by atoms with Gasteiger partial charge in [0.15, 0.2) is 0 Å². The highest BCUT2D eigenvalue weighted by Crippen LogP contribution is 2.21. The van der Waals surface area contributed by atoms with Crippen LogP contribution in [0.2, 0.25) is 0 Å². The second kappa shape index (κ2) is 6.01. The van der Waals surface area contributed by atoms with Crippen LogP contribution in [-0.4, -0.2) is 12.1 Å². The molecular weight excluding hydrogens is 228 g/mol. The van der Waals surface area contributed by atoms with Crippen LogP contribution in [0.1, 0.15) is 53.6 Å². The maximum Gasteiger partial charge on any atom is 0.373 e. The fraction of sp³-hybridized carbons (Fsp3) is 0.533. The van der Waals surface area contributed by atoms with Crippen LogP contribution in [0.4, 0.5) is 0 Å². The molecule has 0 aromatic heterocycles. The lowest BCUT2D eigenvalue weighted by Gasteiger charge is -2.19. The molecule has 1 saturated carbocycles. The van der Waals surface area contributed by atoms with E-state index in [2.05, 4.69) is 0 Å². The summed E-state index contributed by atoms with van der Waals surface area (Å²) in [6.45, 7) is 4.00. The summed E-state index contributed by atoms with van der Waals surface area (Å²) in [5.74, 6) is -0.399. The minimum atomic E-state index is -0.399. The van der Waals surface area contributed by atoms with Crippen molar-refractivity contribution in [1.82, 2.24) is 0 Å². The molecule has 2 rings (SSSR count). The van der Waals surface area contributed by atoms with Crippen LogP contribution in [0, 0.1) is 13.8 Å². The van der Waals surface area contributed by atoms with Crippen molar-refractivity contribution in [3.8, 4) is 0 Å². The zero-order valence-corrected chi connectivity index (χ0v) is 11.1. The Morgan fingerprint density at radius 1 is 1.11 bits per heavy atom. The molecule has 18 heavy (non-hydrogen) atoms. The van der Waals surface area contributed by atoms with Gasteiger partial charge in [-0.15, -0.1) is 0 Å². The molecule has 0 radical (unpaired) electrons. The zero-order valence-electron chi connectivity index (χ0n) is 11.1. The van der Waals surface area contributed by atoms with Gasteiger partial charge in [0, 0.05) is 0 Å². The van der Waals surface area contributed by atoms with Crippen molar-refractivity contribution >= 4 is 5.97 Å². The first kappa shape index (κ1) is 13.1. The Bertz CT molecular complexity index is 420. The molecule has 0 bridgehead atoms. The molecule has 1 fully saturated rings. The summed E-state index contributed by atoms with van der Waals surface area (Å²) < 4.78 is 0. The Balaban J connectivity index is 1.88. The van der Waals surface area contributed by atoms with Crippen LogP contribution in [-0.2, 0) is 9.78 Å². The quantitative estimate of drug-likeness (QED) is 0.604. The van der Waals surface area contributed by atoms with E-state index in [4.69, 9.17) is 9.78 Å². The van der Waals surface area contributed by atoms with Gasteiger partial charge >= 0.3 is 5.97 Å². The Morgan fingerprint density at radius 3 is 2.50 bits per heavy atom. The summed E-state index contributed by atoms with van der Waals surface area (Å²) in [5, 5.41) is 0. The third-order valence-corrected chi connectivity index (χ3v) is 3.55. The molecule has 0 unspecified atom stereocenters. The summed E-state index contributed by atoms with van der Waals surface area (Å²) in [7, 11) is 0. The molecule has 0 atom stereocenters. The number of carbonyl (C=O) groups excluding carboxylic acids is 1. The minimum Gasteiger partial charge on any atom is -0.293 e. The van der Waals surface area contributed by atoms with E-state index in [9.17, 15) is 4.79 Å². The van der Waals surface area contributed by atoms with Gasteiger partial charge in [0.05, 0.1) is 5.56 Å². The van der Waals surface area contributed by atoms with Gasteiger partial charge in [-0.2, -0.15) is 4.89 Å². The number of carbonyl (C=O) groups is 1. The predicted molar refractivity (Wildman–Crippen MR) is 69.3 cm³/mol. The van der Waals surface area contributed by atoms with Crippen molar-refractivity contribution in [3.05, 3.63) is 34.9 Å². The summed E-state index contributed by atoms with van der Waals surface area (Å²) in [5.41, 5.74) is 2.80. The molecule has 3 heteroatoms. The highest BCUT2D eigenvalue weighted by Gasteiger charge is 2.17. The Labute approximate surface area is 108 Å². The van der Waals surface area contributed by atoms with Crippen LogP contribution in [0.5, 0.6) is 0 Å². The van der Waals surface area contributed by atoms with E-state index in [0.717, 1.165) is 31.2 Å². The van der Waals surface area contributed by atoms with Gasteiger partial charge in [0.25, 0.3) is 0 Å². The average Bonchev–Trinajstić information content (AvgIpc) is 2.40. The van der Waals surface area contributed by atoms with Crippen LogP contribution >= 0.6 is 0 Å². The van der Waals surface area contributed by atoms with Gasteiger partial charge in [-0.3, -0.25) is 4.89 Å². The smallest absolute Gasteiger partial charge is 0.293 e. The zero-order chi connectivity index (χ0) is 13.0. The SMILES string of the molecule is Cc1ccc(C(=O)OOC2CCCCC2)cc1C. The van der Waals surface area contributed by atoms with E-state index in [1.54, 1.807) is 6.07 Å². The summed E-state index contributed by atoms with van der Waals surface area (Å²) in [4.78, 5) is 21.9.